The summed E-state index contributed by atoms with van der Waals surface area (Å²) in [7, 11) is 0. The third-order valence-corrected chi connectivity index (χ3v) is 5.06. The zero-order valence-electron chi connectivity index (χ0n) is 16.2. The molecule has 8 heteroatoms. The van der Waals surface area contributed by atoms with Crippen molar-refractivity contribution in [3.05, 3.63) is 106 Å². The van der Waals surface area contributed by atoms with Gasteiger partial charge in [-0.3, -0.25) is 14.9 Å². The Hall–Kier alpha value is -3.58. The summed E-state index contributed by atoms with van der Waals surface area (Å²) in [6, 6.07) is 15.3. The van der Waals surface area contributed by atoms with Gasteiger partial charge in [-0.15, -0.1) is 0 Å². The van der Waals surface area contributed by atoms with Crippen molar-refractivity contribution in [1.82, 2.24) is 20.1 Å². The number of halogens is 3. The van der Waals surface area contributed by atoms with Crippen molar-refractivity contribution in [2.24, 2.45) is 0 Å². The van der Waals surface area contributed by atoms with E-state index in [1.165, 1.54) is 4.90 Å². The van der Waals surface area contributed by atoms with Crippen LogP contribution >= 0.6 is 11.6 Å². The average Bonchev–Trinajstić information content (AvgIpc) is 3.29. The van der Waals surface area contributed by atoms with Gasteiger partial charge in [0.15, 0.2) is 0 Å². The fourth-order valence-electron chi connectivity index (χ4n) is 3.19. The van der Waals surface area contributed by atoms with E-state index in [4.69, 9.17) is 11.6 Å². The molecule has 0 saturated carbocycles. The summed E-state index contributed by atoms with van der Waals surface area (Å²) in [5.41, 5.74) is 2.87. The molecule has 0 atom stereocenters. The number of hydrogen-bond acceptors (Lipinski definition) is 3. The van der Waals surface area contributed by atoms with Crippen molar-refractivity contribution in [2.75, 3.05) is 0 Å². The van der Waals surface area contributed by atoms with Crippen LogP contribution in [0.5, 0.6) is 0 Å². The van der Waals surface area contributed by atoms with Crippen LogP contribution in [0.3, 0.4) is 0 Å². The number of H-pyrrole nitrogens is 1. The van der Waals surface area contributed by atoms with Crippen LogP contribution in [-0.2, 0) is 13.1 Å². The molecule has 156 valence electrons. The van der Waals surface area contributed by atoms with E-state index in [2.05, 4.69) is 15.2 Å². The molecular weight excluding hydrogens is 422 g/mol. The summed E-state index contributed by atoms with van der Waals surface area (Å²) < 4.78 is 27.4. The molecule has 5 nitrogen and oxygen atoms in total. The summed E-state index contributed by atoms with van der Waals surface area (Å²) in [6.07, 6.45) is 3.28. The van der Waals surface area contributed by atoms with Gasteiger partial charge in [0.2, 0.25) is 0 Å². The number of rotatable bonds is 6. The highest BCUT2D eigenvalue weighted by Gasteiger charge is 2.20. The van der Waals surface area contributed by atoms with Crippen LogP contribution in [0.25, 0.3) is 11.4 Å². The molecule has 0 aliphatic heterocycles. The molecule has 2 heterocycles. The molecule has 2 aromatic carbocycles. The SMILES string of the molecule is O=C(c1cc(F)cc(F)c1)N(Cc1ccc(-c2ccn[nH]2)nc1)Cc1ccccc1Cl. The molecule has 0 unspecified atom stereocenters. The molecule has 0 aliphatic carbocycles. The molecular formula is C23H17ClF2N4O. The Kier molecular flexibility index (Phi) is 6.04. The van der Waals surface area contributed by atoms with Crippen molar-refractivity contribution < 1.29 is 13.6 Å². The van der Waals surface area contributed by atoms with Crippen molar-refractivity contribution >= 4 is 17.5 Å². The molecule has 0 saturated heterocycles. The number of nitrogens with zero attached hydrogens (tertiary/aromatic N) is 3. The summed E-state index contributed by atoms with van der Waals surface area (Å²) in [5.74, 6) is -2.14. The van der Waals surface area contributed by atoms with Gasteiger partial charge in [-0.05, 0) is 41.5 Å². The van der Waals surface area contributed by atoms with E-state index in [0.29, 0.717) is 10.7 Å². The van der Waals surface area contributed by atoms with Crippen molar-refractivity contribution in [2.45, 2.75) is 13.1 Å². The number of carbonyl (C=O) groups excluding carboxylic acids is 1. The van der Waals surface area contributed by atoms with Crippen LogP contribution in [0, 0.1) is 11.6 Å². The first-order valence-corrected chi connectivity index (χ1v) is 9.81. The first-order chi connectivity index (χ1) is 15.0. The molecule has 0 radical (unpaired) electrons. The lowest BCUT2D eigenvalue weighted by molar-refractivity contribution is 0.0729. The van der Waals surface area contributed by atoms with Crippen LogP contribution in [-0.4, -0.2) is 26.0 Å². The smallest absolute Gasteiger partial charge is 0.254 e. The normalized spacial score (nSPS) is 10.8. The Bertz CT molecular complexity index is 1180. The monoisotopic (exact) mass is 438 g/mol. The summed E-state index contributed by atoms with van der Waals surface area (Å²) in [5, 5.41) is 7.24. The fourth-order valence-corrected chi connectivity index (χ4v) is 3.38. The Morgan fingerprint density at radius 2 is 1.77 bits per heavy atom. The second-order valence-corrected chi connectivity index (χ2v) is 7.34. The van der Waals surface area contributed by atoms with E-state index < -0.39 is 17.5 Å². The van der Waals surface area contributed by atoms with Crippen LogP contribution in [0.15, 0.2) is 73.1 Å². The maximum Gasteiger partial charge on any atom is 0.254 e. The summed E-state index contributed by atoms with van der Waals surface area (Å²) in [4.78, 5) is 19.0. The van der Waals surface area contributed by atoms with E-state index in [9.17, 15) is 13.6 Å². The Morgan fingerprint density at radius 3 is 2.42 bits per heavy atom. The van der Waals surface area contributed by atoms with Crippen LogP contribution < -0.4 is 0 Å². The maximum absolute atomic E-state index is 13.7. The number of aromatic nitrogens is 3. The lowest BCUT2D eigenvalue weighted by atomic mass is 10.1. The number of pyridine rings is 1. The third kappa shape index (κ3) is 4.95. The standard InChI is InChI=1S/C23H17ClF2N4O/c24-20-4-2-1-3-16(20)14-30(23(31)17-9-18(25)11-19(26)10-17)13-15-5-6-21(27-12-15)22-7-8-28-29-22/h1-12H,13-14H2,(H,28,29). The molecule has 0 spiro atoms. The zero-order chi connectivity index (χ0) is 21.8. The van der Waals surface area contributed by atoms with E-state index >= 15 is 0 Å². The summed E-state index contributed by atoms with van der Waals surface area (Å²) in [6.45, 7) is 0.345. The predicted octanol–water partition coefficient (Wildman–Crippen LogP) is 5.25. The van der Waals surface area contributed by atoms with Gasteiger partial charge in [-0.25, -0.2) is 8.78 Å². The number of aromatic amines is 1. The van der Waals surface area contributed by atoms with Crippen molar-refractivity contribution in [1.29, 1.82) is 0 Å². The lowest BCUT2D eigenvalue weighted by Crippen LogP contribution is -2.30. The first kappa shape index (κ1) is 20.7. The minimum atomic E-state index is -0.813. The lowest BCUT2D eigenvalue weighted by Gasteiger charge is -2.24. The van der Waals surface area contributed by atoms with Gasteiger partial charge in [0.1, 0.15) is 11.6 Å². The fraction of sp³-hybridized carbons (Fsp3) is 0.0870. The Morgan fingerprint density at radius 1 is 1.00 bits per heavy atom. The molecule has 31 heavy (non-hydrogen) atoms. The molecule has 0 fully saturated rings. The topological polar surface area (TPSA) is 61.9 Å². The predicted molar refractivity (Wildman–Crippen MR) is 113 cm³/mol. The zero-order valence-corrected chi connectivity index (χ0v) is 17.0. The number of nitrogens with one attached hydrogen (secondary N) is 1. The summed E-state index contributed by atoms with van der Waals surface area (Å²) >= 11 is 6.27. The molecule has 1 amide bonds. The second-order valence-electron chi connectivity index (χ2n) is 6.93. The van der Waals surface area contributed by atoms with E-state index in [1.54, 1.807) is 36.7 Å². The van der Waals surface area contributed by atoms with Gasteiger partial charge in [0.05, 0.1) is 11.4 Å². The highest BCUT2D eigenvalue weighted by molar-refractivity contribution is 6.31. The minimum absolute atomic E-state index is 0.0772. The average molecular weight is 439 g/mol. The first-order valence-electron chi connectivity index (χ1n) is 9.43. The highest BCUT2D eigenvalue weighted by atomic mass is 35.5. The maximum atomic E-state index is 13.7. The molecule has 2 aromatic heterocycles. The Labute approximate surface area is 182 Å². The van der Waals surface area contributed by atoms with Gasteiger partial charge >= 0.3 is 0 Å². The van der Waals surface area contributed by atoms with Gasteiger partial charge in [0, 0.05) is 42.1 Å². The van der Waals surface area contributed by atoms with Gasteiger partial charge in [-0.2, -0.15) is 5.10 Å². The third-order valence-electron chi connectivity index (χ3n) is 4.69. The minimum Gasteiger partial charge on any atom is -0.330 e. The molecule has 0 bridgehead atoms. The van der Waals surface area contributed by atoms with Gasteiger partial charge < -0.3 is 4.90 Å². The quantitative estimate of drug-likeness (QED) is 0.447. The second kappa shape index (κ2) is 9.06. The van der Waals surface area contributed by atoms with E-state index in [0.717, 1.165) is 35.0 Å². The van der Waals surface area contributed by atoms with Crippen molar-refractivity contribution in [3.8, 4) is 11.4 Å². The van der Waals surface area contributed by atoms with Gasteiger partial charge in [0.25, 0.3) is 5.91 Å². The molecule has 4 aromatic rings. The number of hydrogen-bond donors (Lipinski definition) is 1. The molecule has 0 aliphatic rings. The van der Waals surface area contributed by atoms with E-state index in [-0.39, 0.29) is 18.7 Å². The molecule has 1 N–H and O–H groups in total. The molecule has 4 rings (SSSR count). The highest BCUT2D eigenvalue weighted by Crippen LogP contribution is 2.21. The van der Waals surface area contributed by atoms with Crippen LogP contribution in [0.1, 0.15) is 21.5 Å². The van der Waals surface area contributed by atoms with Crippen LogP contribution in [0.4, 0.5) is 8.78 Å². The van der Waals surface area contributed by atoms with Crippen molar-refractivity contribution in [3.63, 3.8) is 0 Å². The Balaban J connectivity index is 1.63. The number of carbonyl (C=O) groups is 1. The van der Waals surface area contributed by atoms with Gasteiger partial charge in [-0.1, -0.05) is 35.9 Å². The van der Waals surface area contributed by atoms with Crippen LogP contribution in [0.2, 0.25) is 5.02 Å². The largest absolute Gasteiger partial charge is 0.330 e. The number of amides is 1. The number of benzene rings is 2. The van der Waals surface area contributed by atoms with E-state index in [1.807, 2.05) is 18.2 Å².